The van der Waals surface area contributed by atoms with Gasteiger partial charge in [0.25, 0.3) is 0 Å². The molecule has 106 valence electrons. The molecule has 2 rings (SSSR count). The number of nitrogens with one attached hydrogen (secondary N) is 1. The summed E-state index contributed by atoms with van der Waals surface area (Å²) in [7, 11) is 3.74. The minimum atomic E-state index is -0.180. The fourth-order valence-corrected chi connectivity index (χ4v) is 2.24. The van der Waals surface area contributed by atoms with Crippen LogP contribution in [0.25, 0.3) is 0 Å². The molecule has 0 atom stereocenters. The summed E-state index contributed by atoms with van der Waals surface area (Å²) in [6.07, 6.45) is 2.12. The molecule has 0 saturated carbocycles. The van der Waals surface area contributed by atoms with Crippen LogP contribution in [0.15, 0.2) is 35.1 Å². The summed E-state index contributed by atoms with van der Waals surface area (Å²) in [5, 5.41) is 2.97. The summed E-state index contributed by atoms with van der Waals surface area (Å²) in [6.45, 7) is 0.674. The van der Waals surface area contributed by atoms with Gasteiger partial charge in [0.05, 0.1) is 0 Å². The second-order valence-corrected chi connectivity index (χ2v) is 5.33. The van der Waals surface area contributed by atoms with Gasteiger partial charge in [-0.1, -0.05) is 15.9 Å². The lowest BCUT2D eigenvalue weighted by atomic mass is 10.1. The zero-order valence-electron chi connectivity index (χ0n) is 11.4. The molecule has 2 aromatic rings. The zero-order valence-corrected chi connectivity index (χ0v) is 13.0. The maximum Gasteiger partial charge on any atom is 0.133 e. The standard InChI is InChI=1S/C14H16BrFN4/c1-17-13-8-14(19-9-18-13)20(2)6-5-10-7-11(15)3-4-12(10)16/h3-4,7-9H,5-6H2,1-2H3,(H,17,18,19). The Kier molecular flexibility index (Phi) is 4.89. The van der Waals surface area contributed by atoms with Gasteiger partial charge in [-0.2, -0.15) is 0 Å². The second-order valence-electron chi connectivity index (χ2n) is 4.42. The molecule has 1 N–H and O–H groups in total. The highest BCUT2D eigenvalue weighted by atomic mass is 79.9. The van der Waals surface area contributed by atoms with Crippen LogP contribution in [0.5, 0.6) is 0 Å². The molecular formula is C14H16BrFN4. The van der Waals surface area contributed by atoms with Gasteiger partial charge >= 0.3 is 0 Å². The first kappa shape index (κ1) is 14.7. The fourth-order valence-electron chi connectivity index (χ4n) is 1.83. The molecule has 0 aliphatic carbocycles. The first-order chi connectivity index (χ1) is 9.60. The molecule has 0 aliphatic heterocycles. The minimum Gasteiger partial charge on any atom is -0.373 e. The predicted molar refractivity (Wildman–Crippen MR) is 82.7 cm³/mol. The Morgan fingerprint density at radius 3 is 2.85 bits per heavy atom. The lowest BCUT2D eigenvalue weighted by Gasteiger charge is -2.18. The molecule has 0 saturated heterocycles. The molecule has 4 nitrogen and oxygen atoms in total. The van der Waals surface area contributed by atoms with Crippen LogP contribution in [-0.4, -0.2) is 30.6 Å². The number of hydrogen-bond donors (Lipinski definition) is 1. The van der Waals surface area contributed by atoms with Crippen molar-refractivity contribution in [2.24, 2.45) is 0 Å². The predicted octanol–water partition coefficient (Wildman–Crippen LogP) is 3.10. The van der Waals surface area contributed by atoms with E-state index in [1.807, 2.05) is 31.1 Å². The third kappa shape index (κ3) is 3.66. The average Bonchev–Trinajstić information content (AvgIpc) is 2.48. The number of hydrogen-bond acceptors (Lipinski definition) is 4. The molecule has 0 fully saturated rings. The monoisotopic (exact) mass is 338 g/mol. The summed E-state index contributed by atoms with van der Waals surface area (Å²) in [5.41, 5.74) is 0.689. The molecule has 6 heteroatoms. The number of likely N-dealkylation sites (N-methyl/N-ethyl adjacent to an activating group) is 1. The Balaban J connectivity index is 2.04. The van der Waals surface area contributed by atoms with Crippen LogP contribution in [0, 0.1) is 5.82 Å². The van der Waals surface area contributed by atoms with Gasteiger partial charge in [0.15, 0.2) is 0 Å². The smallest absolute Gasteiger partial charge is 0.133 e. The average molecular weight is 339 g/mol. The Bertz CT molecular complexity index is 591. The molecule has 0 bridgehead atoms. The summed E-state index contributed by atoms with van der Waals surface area (Å²) in [6, 6.07) is 6.84. The van der Waals surface area contributed by atoms with E-state index in [1.54, 1.807) is 6.07 Å². The quantitative estimate of drug-likeness (QED) is 0.909. The normalized spacial score (nSPS) is 10.4. The highest BCUT2D eigenvalue weighted by Crippen LogP contribution is 2.17. The zero-order chi connectivity index (χ0) is 14.5. The molecule has 0 unspecified atom stereocenters. The van der Waals surface area contributed by atoms with Crippen molar-refractivity contribution in [3.05, 3.63) is 46.4 Å². The van der Waals surface area contributed by atoms with Crippen LogP contribution in [0.4, 0.5) is 16.0 Å². The Hall–Kier alpha value is -1.69. The SMILES string of the molecule is CNc1cc(N(C)CCc2cc(Br)ccc2F)ncn1. The van der Waals surface area contributed by atoms with Crippen molar-refractivity contribution in [1.82, 2.24) is 9.97 Å². The molecular weight excluding hydrogens is 323 g/mol. The van der Waals surface area contributed by atoms with Gasteiger partial charge in [-0.3, -0.25) is 0 Å². The molecule has 1 heterocycles. The maximum absolute atomic E-state index is 13.7. The van der Waals surface area contributed by atoms with Gasteiger partial charge in [0.1, 0.15) is 23.8 Å². The van der Waals surface area contributed by atoms with Crippen molar-refractivity contribution in [2.45, 2.75) is 6.42 Å². The van der Waals surface area contributed by atoms with E-state index >= 15 is 0 Å². The summed E-state index contributed by atoms with van der Waals surface area (Å²) in [4.78, 5) is 10.3. The molecule has 0 amide bonds. The van der Waals surface area contributed by atoms with Crippen LogP contribution in [-0.2, 0) is 6.42 Å². The summed E-state index contributed by atoms with van der Waals surface area (Å²) in [5.74, 6) is 1.38. The molecule has 1 aromatic heterocycles. The Morgan fingerprint density at radius 2 is 2.10 bits per heavy atom. The number of anilines is 2. The lowest BCUT2D eigenvalue weighted by Crippen LogP contribution is -2.22. The van der Waals surface area contributed by atoms with E-state index in [1.165, 1.54) is 12.4 Å². The molecule has 0 aliphatic rings. The highest BCUT2D eigenvalue weighted by Gasteiger charge is 2.07. The van der Waals surface area contributed by atoms with Crippen molar-refractivity contribution in [2.75, 3.05) is 30.9 Å². The lowest BCUT2D eigenvalue weighted by molar-refractivity contribution is 0.607. The van der Waals surface area contributed by atoms with E-state index in [2.05, 4.69) is 31.2 Å². The van der Waals surface area contributed by atoms with Crippen molar-refractivity contribution < 1.29 is 4.39 Å². The van der Waals surface area contributed by atoms with Gasteiger partial charge in [0.2, 0.25) is 0 Å². The first-order valence-corrected chi connectivity index (χ1v) is 7.04. The van der Waals surface area contributed by atoms with E-state index in [0.29, 0.717) is 18.5 Å². The van der Waals surface area contributed by atoms with E-state index < -0.39 is 0 Å². The van der Waals surface area contributed by atoms with E-state index in [0.717, 1.165) is 16.1 Å². The van der Waals surface area contributed by atoms with Gasteiger partial charge in [0, 0.05) is 31.2 Å². The first-order valence-electron chi connectivity index (χ1n) is 6.25. The Labute approximate surface area is 126 Å². The van der Waals surface area contributed by atoms with Crippen LogP contribution in [0.2, 0.25) is 0 Å². The van der Waals surface area contributed by atoms with Gasteiger partial charge in [-0.15, -0.1) is 0 Å². The van der Waals surface area contributed by atoms with Crippen LogP contribution < -0.4 is 10.2 Å². The third-order valence-corrected chi connectivity index (χ3v) is 3.52. The van der Waals surface area contributed by atoms with E-state index in [9.17, 15) is 4.39 Å². The summed E-state index contributed by atoms with van der Waals surface area (Å²) < 4.78 is 14.6. The maximum atomic E-state index is 13.7. The van der Waals surface area contributed by atoms with Gasteiger partial charge < -0.3 is 10.2 Å². The number of halogens is 2. The van der Waals surface area contributed by atoms with Crippen molar-refractivity contribution >= 4 is 27.6 Å². The van der Waals surface area contributed by atoms with Crippen LogP contribution in [0.1, 0.15) is 5.56 Å². The van der Waals surface area contributed by atoms with E-state index in [4.69, 9.17) is 0 Å². The number of rotatable bonds is 5. The molecule has 1 aromatic carbocycles. The van der Waals surface area contributed by atoms with Crippen LogP contribution >= 0.6 is 15.9 Å². The van der Waals surface area contributed by atoms with Gasteiger partial charge in [-0.05, 0) is 30.2 Å². The second kappa shape index (κ2) is 6.65. The Morgan fingerprint density at radius 1 is 1.30 bits per heavy atom. The number of benzene rings is 1. The topological polar surface area (TPSA) is 41.0 Å². The molecule has 0 radical (unpaired) electrons. The van der Waals surface area contributed by atoms with Crippen molar-refractivity contribution in [1.29, 1.82) is 0 Å². The van der Waals surface area contributed by atoms with Crippen molar-refractivity contribution in [3.8, 4) is 0 Å². The largest absolute Gasteiger partial charge is 0.373 e. The number of nitrogens with zero attached hydrogens (tertiary/aromatic N) is 3. The fraction of sp³-hybridized carbons (Fsp3) is 0.286. The third-order valence-electron chi connectivity index (χ3n) is 3.02. The summed E-state index contributed by atoms with van der Waals surface area (Å²) >= 11 is 3.36. The molecule has 0 spiro atoms. The molecule has 20 heavy (non-hydrogen) atoms. The van der Waals surface area contributed by atoms with Crippen LogP contribution in [0.3, 0.4) is 0 Å². The van der Waals surface area contributed by atoms with Crippen molar-refractivity contribution in [3.63, 3.8) is 0 Å². The van der Waals surface area contributed by atoms with E-state index in [-0.39, 0.29) is 5.82 Å². The van der Waals surface area contributed by atoms with Gasteiger partial charge in [-0.25, -0.2) is 14.4 Å². The minimum absolute atomic E-state index is 0.180. The number of aromatic nitrogens is 2. The highest BCUT2D eigenvalue weighted by molar-refractivity contribution is 9.10.